The first kappa shape index (κ1) is 17.0. The normalized spacial score (nSPS) is 14.5. The van der Waals surface area contributed by atoms with Gasteiger partial charge in [0.25, 0.3) is 0 Å². The van der Waals surface area contributed by atoms with Crippen LogP contribution in [0.15, 0.2) is 29.6 Å². The third-order valence-electron chi connectivity index (χ3n) is 3.83. The Morgan fingerprint density at radius 1 is 1.19 bits per heavy atom. The fraction of sp³-hybridized carbons (Fsp3) is 0.500. The van der Waals surface area contributed by atoms with E-state index >= 15 is 0 Å². The summed E-state index contributed by atoms with van der Waals surface area (Å²) in [6.45, 7) is 4.87. The van der Waals surface area contributed by atoms with Crippen LogP contribution in [-0.2, 0) is 0 Å². The molecule has 0 saturated heterocycles. The zero-order chi connectivity index (χ0) is 15.2. The summed E-state index contributed by atoms with van der Waals surface area (Å²) in [4.78, 5) is 2.45. The van der Waals surface area contributed by atoms with E-state index in [1.54, 1.807) is 22.7 Å². The van der Waals surface area contributed by atoms with Gasteiger partial charge in [0, 0.05) is 16.3 Å². The molecule has 2 atom stereocenters. The van der Waals surface area contributed by atoms with Gasteiger partial charge in [-0.1, -0.05) is 44.4 Å². The Kier molecular flexibility index (Phi) is 6.71. The minimum Gasteiger partial charge on any atom is -0.392 e. The quantitative estimate of drug-likeness (QED) is 0.711. The lowest BCUT2D eigenvalue weighted by Gasteiger charge is -2.23. The van der Waals surface area contributed by atoms with Gasteiger partial charge in [-0.05, 0) is 29.5 Å². The number of thiophene rings is 2. The summed E-state index contributed by atoms with van der Waals surface area (Å²) in [7, 11) is 0. The summed E-state index contributed by atoms with van der Waals surface area (Å²) in [6, 6.07) is 8.29. The van der Waals surface area contributed by atoms with Gasteiger partial charge in [0.1, 0.15) is 0 Å². The van der Waals surface area contributed by atoms with Crippen LogP contribution >= 0.6 is 34.3 Å². The average molecular weight is 344 g/mol. The number of aliphatic hydroxyl groups is 1. The van der Waals surface area contributed by atoms with Crippen LogP contribution in [-0.4, -0.2) is 17.8 Å². The number of nitrogens with one attached hydrogen (secondary N) is 1. The third kappa shape index (κ3) is 4.54. The molecule has 0 bridgehead atoms. The maximum absolute atomic E-state index is 10.3. The highest BCUT2D eigenvalue weighted by Crippen LogP contribution is 2.33. The van der Waals surface area contributed by atoms with E-state index in [9.17, 15) is 5.11 Å². The molecule has 2 aromatic rings. The molecule has 0 amide bonds. The molecule has 0 spiro atoms. The van der Waals surface area contributed by atoms with Crippen molar-refractivity contribution >= 4 is 34.3 Å². The minimum atomic E-state index is -0.308. The zero-order valence-corrected chi connectivity index (χ0v) is 14.8. The molecular weight excluding hydrogens is 322 g/mol. The minimum absolute atomic E-state index is 0.117. The fourth-order valence-electron chi connectivity index (χ4n) is 2.52. The molecule has 0 aromatic carbocycles. The molecule has 2 heterocycles. The summed E-state index contributed by atoms with van der Waals surface area (Å²) in [5.74, 6) is 0.355. The van der Waals surface area contributed by atoms with Gasteiger partial charge in [-0.25, -0.2) is 0 Å². The first-order valence-electron chi connectivity index (χ1n) is 7.35. The molecule has 0 aliphatic heterocycles. The predicted molar refractivity (Wildman–Crippen MR) is 93.6 cm³/mol. The molecular formula is C16H22ClNOS2. The number of hydrogen-bond acceptors (Lipinski definition) is 4. The summed E-state index contributed by atoms with van der Waals surface area (Å²) in [5.41, 5.74) is 0. The maximum Gasteiger partial charge on any atom is 0.0931 e. The van der Waals surface area contributed by atoms with Crippen LogP contribution in [0.25, 0.3) is 0 Å². The highest BCUT2D eigenvalue weighted by molar-refractivity contribution is 7.16. The van der Waals surface area contributed by atoms with Crippen LogP contribution in [0.3, 0.4) is 0 Å². The topological polar surface area (TPSA) is 32.3 Å². The SMILES string of the molecule is CCC(CC)C(O)CNC(c1cccs1)c1ccc(Cl)s1. The van der Waals surface area contributed by atoms with Crippen LogP contribution in [0.2, 0.25) is 4.34 Å². The second-order valence-corrected chi connectivity index (χ2v) is 7.87. The fourth-order valence-corrected chi connectivity index (χ4v) is 4.57. The summed E-state index contributed by atoms with van der Waals surface area (Å²) >= 11 is 9.39. The molecule has 2 unspecified atom stereocenters. The molecule has 0 fully saturated rings. The molecule has 0 radical (unpaired) electrons. The molecule has 2 rings (SSSR count). The van der Waals surface area contributed by atoms with Gasteiger partial charge in [-0.15, -0.1) is 22.7 Å². The maximum atomic E-state index is 10.3. The van der Waals surface area contributed by atoms with E-state index in [1.165, 1.54) is 9.75 Å². The van der Waals surface area contributed by atoms with E-state index in [0.717, 1.165) is 17.2 Å². The molecule has 5 heteroatoms. The van der Waals surface area contributed by atoms with Gasteiger partial charge in [-0.2, -0.15) is 0 Å². The van der Waals surface area contributed by atoms with Gasteiger partial charge < -0.3 is 10.4 Å². The summed E-state index contributed by atoms with van der Waals surface area (Å²) in [5, 5.41) is 15.9. The Morgan fingerprint density at radius 3 is 2.48 bits per heavy atom. The number of aliphatic hydroxyl groups excluding tert-OH is 1. The third-order valence-corrected chi connectivity index (χ3v) is 6.06. The van der Waals surface area contributed by atoms with Crippen LogP contribution in [0, 0.1) is 5.92 Å². The van der Waals surface area contributed by atoms with Crippen molar-refractivity contribution in [1.29, 1.82) is 0 Å². The average Bonchev–Trinajstić information content (AvgIpc) is 3.13. The summed E-state index contributed by atoms with van der Waals surface area (Å²) in [6.07, 6.45) is 1.71. The van der Waals surface area contributed by atoms with Crippen molar-refractivity contribution < 1.29 is 5.11 Å². The van der Waals surface area contributed by atoms with Crippen LogP contribution in [0.5, 0.6) is 0 Å². The Labute approximate surface area is 139 Å². The molecule has 2 N–H and O–H groups in total. The Morgan fingerprint density at radius 2 is 1.95 bits per heavy atom. The standard InChI is InChI=1S/C16H22ClNOS2/c1-3-11(4-2)12(19)10-18-16(13-6-5-9-20-13)14-7-8-15(17)21-14/h5-9,11-12,16,18-19H,3-4,10H2,1-2H3. The lowest BCUT2D eigenvalue weighted by atomic mass is 9.96. The molecule has 0 aliphatic carbocycles. The van der Waals surface area contributed by atoms with Crippen molar-refractivity contribution in [2.24, 2.45) is 5.92 Å². The van der Waals surface area contributed by atoms with E-state index in [-0.39, 0.29) is 12.1 Å². The highest BCUT2D eigenvalue weighted by Gasteiger charge is 2.21. The van der Waals surface area contributed by atoms with Gasteiger partial charge >= 0.3 is 0 Å². The monoisotopic (exact) mass is 343 g/mol. The van der Waals surface area contributed by atoms with Crippen LogP contribution in [0.4, 0.5) is 0 Å². The molecule has 2 nitrogen and oxygen atoms in total. The summed E-state index contributed by atoms with van der Waals surface area (Å²) < 4.78 is 0.800. The van der Waals surface area contributed by atoms with Crippen molar-refractivity contribution in [2.45, 2.75) is 38.8 Å². The van der Waals surface area contributed by atoms with E-state index < -0.39 is 0 Å². The second kappa shape index (κ2) is 8.30. The van der Waals surface area contributed by atoms with E-state index in [0.29, 0.717) is 12.5 Å². The van der Waals surface area contributed by atoms with E-state index in [2.05, 4.69) is 42.7 Å². The van der Waals surface area contributed by atoms with Crippen molar-refractivity contribution in [3.05, 3.63) is 43.7 Å². The zero-order valence-electron chi connectivity index (χ0n) is 12.4. The number of halogens is 1. The van der Waals surface area contributed by atoms with E-state index in [4.69, 9.17) is 11.6 Å². The molecule has 2 aromatic heterocycles. The lowest BCUT2D eigenvalue weighted by Crippen LogP contribution is -2.34. The predicted octanol–water partition coefficient (Wildman–Crippen LogP) is 4.94. The van der Waals surface area contributed by atoms with Crippen LogP contribution in [0.1, 0.15) is 42.5 Å². The number of rotatable bonds is 8. The van der Waals surface area contributed by atoms with Crippen molar-refractivity contribution in [1.82, 2.24) is 5.32 Å². The Bertz CT molecular complexity index is 522. The molecule has 0 aliphatic rings. The smallest absolute Gasteiger partial charge is 0.0931 e. The highest BCUT2D eigenvalue weighted by atomic mass is 35.5. The van der Waals surface area contributed by atoms with Crippen molar-refractivity contribution in [3.8, 4) is 0 Å². The van der Waals surface area contributed by atoms with Gasteiger partial charge in [0.05, 0.1) is 16.5 Å². The largest absolute Gasteiger partial charge is 0.392 e. The molecule has 21 heavy (non-hydrogen) atoms. The first-order valence-corrected chi connectivity index (χ1v) is 9.43. The van der Waals surface area contributed by atoms with Crippen LogP contribution < -0.4 is 5.32 Å². The van der Waals surface area contributed by atoms with Gasteiger partial charge in [-0.3, -0.25) is 0 Å². The van der Waals surface area contributed by atoms with Crippen molar-refractivity contribution in [3.63, 3.8) is 0 Å². The Hall–Kier alpha value is -0.390. The van der Waals surface area contributed by atoms with E-state index in [1.807, 2.05) is 6.07 Å². The lowest BCUT2D eigenvalue weighted by molar-refractivity contribution is 0.0998. The second-order valence-electron chi connectivity index (χ2n) is 5.14. The van der Waals surface area contributed by atoms with Gasteiger partial charge in [0.15, 0.2) is 0 Å². The number of hydrogen-bond donors (Lipinski definition) is 2. The molecule has 116 valence electrons. The molecule has 0 saturated carbocycles. The van der Waals surface area contributed by atoms with Gasteiger partial charge in [0.2, 0.25) is 0 Å². The Balaban J connectivity index is 2.07. The first-order chi connectivity index (χ1) is 10.2. The van der Waals surface area contributed by atoms with Crippen molar-refractivity contribution in [2.75, 3.05) is 6.54 Å².